The lowest BCUT2D eigenvalue weighted by Gasteiger charge is -2.39. The number of benzene rings is 2. The normalized spacial score (nSPS) is 16.2. The molecular formula is C24H28ClFN4O2. The molecule has 1 aliphatic heterocycles. The second kappa shape index (κ2) is 10.6. The van der Waals surface area contributed by atoms with Crippen LogP contribution in [-0.2, 0) is 11.8 Å². The van der Waals surface area contributed by atoms with Gasteiger partial charge in [0.05, 0.1) is 6.04 Å². The van der Waals surface area contributed by atoms with Gasteiger partial charge in [0.15, 0.2) is 17.7 Å². The Morgan fingerprint density at radius 3 is 2.31 bits per heavy atom. The molecule has 0 radical (unpaired) electrons. The fraction of sp³-hybridized carbons (Fsp3) is 0.333. The number of piperazine rings is 1. The number of rotatable bonds is 6. The molecule has 0 bridgehead atoms. The third kappa shape index (κ3) is 5.11. The SMILES string of the molecule is CC(Oc1ccccc1F)C(=O)N1CCN(C(c2ccccc2)c2nccn2C)CC1.Cl. The van der Waals surface area contributed by atoms with Crippen molar-refractivity contribution in [1.29, 1.82) is 0 Å². The molecule has 1 saturated heterocycles. The number of aromatic nitrogens is 2. The highest BCUT2D eigenvalue weighted by molar-refractivity contribution is 5.85. The number of aryl methyl sites for hydroxylation is 1. The molecule has 0 aliphatic carbocycles. The standard InChI is InChI=1S/C24H27FN4O2.ClH/c1-18(31-21-11-7-6-10-20(21)25)24(30)29-16-14-28(15-17-29)22(19-8-4-3-5-9-19)23-26-12-13-27(23)2;/h3-13,18,22H,14-17H2,1-2H3;1H. The van der Waals surface area contributed by atoms with Crippen molar-refractivity contribution in [2.75, 3.05) is 26.2 Å². The van der Waals surface area contributed by atoms with E-state index in [0.29, 0.717) is 26.2 Å². The van der Waals surface area contributed by atoms with Gasteiger partial charge in [-0.2, -0.15) is 0 Å². The van der Waals surface area contributed by atoms with Crippen molar-refractivity contribution in [2.24, 2.45) is 7.05 Å². The van der Waals surface area contributed by atoms with Gasteiger partial charge in [-0.15, -0.1) is 12.4 Å². The van der Waals surface area contributed by atoms with Crippen LogP contribution in [0.25, 0.3) is 0 Å². The topological polar surface area (TPSA) is 50.6 Å². The van der Waals surface area contributed by atoms with E-state index in [-0.39, 0.29) is 30.1 Å². The summed E-state index contributed by atoms with van der Waals surface area (Å²) < 4.78 is 21.5. The highest BCUT2D eigenvalue weighted by atomic mass is 35.5. The van der Waals surface area contributed by atoms with Gasteiger partial charge in [0.25, 0.3) is 5.91 Å². The van der Waals surface area contributed by atoms with E-state index in [1.165, 1.54) is 17.7 Å². The summed E-state index contributed by atoms with van der Waals surface area (Å²) in [5, 5.41) is 0. The monoisotopic (exact) mass is 458 g/mol. The lowest BCUT2D eigenvalue weighted by atomic mass is 10.0. The summed E-state index contributed by atoms with van der Waals surface area (Å²) in [4.78, 5) is 21.6. The van der Waals surface area contributed by atoms with Gasteiger partial charge in [-0.3, -0.25) is 9.69 Å². The zero-order valence-electron chi connectivity index (χ0n) is 18.2. The number of halogens is 2. The van der Waals surface area contributed by atoms with Crippen molar-refractivity contribution in [3.05, 3.63) is 84.2 Å². The summed E-state index contributed by atoms with van der Waals surface area (Å²) >= 11 is 0. The summed E-state index contributed by atoms with van der Waals surface area (Å²) in [6.07, 6.45) is 3.02. The smallest absolute Gasteiger partial charge is 0.263 e. The van der Waals surface area contributed by atoms with Gasteiger partial charge >= 0.3 is 0 Å². The van der Waals surface area contributed by atoms with E-state index in [0.717, 1.165) is 5.82 Å². The van der Waals surface area contributed by atoms with E-state index in [9.17, 15) is 9.18 Å². The van der Waals surface area contributed by atoms with Crippen LogP contribution in [0.1, 0.15) is 24.4 Å². The van der Waals surface area contributed by atoms with Crippen molar-refractivity contribution < 1.29 is 13.9 Å². The van der Waals surface area contributed by atoms with Crippen LogP contribution in [0.5, 0.6) is 5.75 Å². The molecular weight excluding hydrogens is 431 g/mol. The van der Waals surface area contributed by atoms with Gasteiger partial charge in [0.2, 0.25) is 0 Å². The number of hydrogen-bond donors (Lipinski definition) is 0. The molecule has 1 aliphatic rings. The van der Waals surface area contributed by atoms with Crippen LogP contribution < -0.4 is 4.74 Å². The highest BCUT2D eigenvalue weighted by Gasteiger charge is 2.32. The Kier molecular flexibility index (Phi) is 7.88. The van der Waals surface area contributed by atoms with Gasteiger partial charge < -0.3 is 14.2 Å². The number of ether oxygens (including phenoxy) is 1. The maximum Gasteiger partial charge on any atom is 0.263 e. The molecule has 2 unspecified atom stereocenters. The molecule has 32 heavy (non-hydrogen) atoms. The maximum absolute atomic E-state index is 13.9. The van der Waals surface area contributed by atoms with E-state index >= 15 is 0 Å². The molecule has 1 amide bonds. The summed E-state index contributed by atoms with van der Waals surface area (Å²) in [6.45, 7) is 4.26. The van der Waals surface area contributed by atoms with Crippen LogP contribution in [0.15, 0.2) is 67.0 Å². The van der Waals surface area contributed by atoms with Crippen molar-refractivity contribution in [3.63, 3.8) is 0 Å². The van der Waals surface area contributed by atoms with Crippen molar-refractivity contribution in [2.45, 2.75) is 19.1 Å². The first kappa shape index (κ1) is 23.8. The van der Waals surface area contributed by atoms with Gasteiger partial charge in [0, 0.05) is 45.6 Å². The van der Waals surface area contributed by atoms with E-state index in [1.807, 2.05) is 42.2 Å². The van der Waals surface area contributed by atoms with E-state index in [1.54, 1.807) is 24.0 Å². The summed E-state index contributed by atoms with van der Waals surface area (Å²) in [5.74, 6) is 0.479. The summed E-state index contributed by atoms with van der Waals surface area (Å²) in [6, 6.07) is 16.5. The molecule has 4 rings (SSSR count). The minimum Gasteiger partial charge on any atom is -0.478 e. The third-order valence-corrected chi connectivity index (χ3v) is 5.70. The minimum absolute atomic E-state index is 0. The van der Waals surface area contributed by atoms with E-state index in [2.05, 4.69) is 22.0 Å². The molecule has 0 spiro atoms. The predicted molar refractivity (Wildman–Crippen MR) is 123 cm³/mol. The largest absolute Gasteiger partial charge is 0.478 e. The van der Waals surface area contributed by atoms with E-state index in [4.69, 9.17) is 4.74 Å². The van der Waals surface area contributed by atoms with Gasteiger partial charge in [-0.1, -0.05) is 42.5 Å². The molecule has 1 aromatic heterocycles. The Bertz CT molecular complexity index is 1020. The average molecular weight is 459 g/mol. The molecule has 3 aromatic rings. The second-order valence-electron chi connectivity index (χ2n) is 7.76. The number of carbonyl (C=O) groups excluding carboxylic acids is 1. The Morgan fingerprint density at radius 1 is 1.03 bits per heavy atom. The quantitative estimate of drug-likeness (QED) is 0.565. The molecule has 170 valence electrons. The first-order valence-electron chi connectivity index (χ1n) is 10.5. The molecule has 8 heteroatoms. The summed E-state index contributed by atoms with van der Waals surface area (Å²) in [5.41, 5.74) is 1.17. The number of imidazole rings is 1. The first-order valence-corrected chi connectivity index (χ1v) is 10.5. The molecule has 6 nitrogen and oxygen atoms in total. The van der Waals surface area contributed by atoms with Gasteiger partial charge in [-0.25, -0.2) is 9.37 Å². The number of para-hydroxylation sites is 1. The Hall–Kier alpha value is -2.90. The van der Waals surface area contributed by atoms with Gasteiger partial charge in [0.1, 0.15) is 5.82 Å². The van der Waals surface area contributed by atoms with Crippen LogP contribution in [0.3, 0.4) is 0 Å². The Balaban J connectivity index is 0.00000289. The lowest BCUT2D eigenvalue weighted by molar-refractivity contribution is -0.140. The fourth-order valence-electron chi connectivity index (χ4n) is 4.04. The number of nitrogens with zero attached hydrogens (tertiary/aromatic N) is 4. The summed E-state index contributed by atoms with van der Waals surface area (Å²) in [7, 11) is 2.00. The molecule has 2 atom stereocenters. The number of hydrogen-bond acceptors (Lipinski definition) is 4. The molecule has 0 N–H and O–H groups in total. The van der Waals surface area contributed by atoms with Crippen LogP contribution in [0.2, 0.25) is 0 Å². The van der Waals surface area contributed by atoms with Crippen LogP contribution >= 0.6 is 12.4 Å². The van der Waals surface area contributed by atoms with Crippen molar-refractivity contribution in [1.82, 2.24) is 19.4 Å². The molecule has 0 saturated carbocycles. The maximum atomic E-state index is 13.9. The highest BCUT2D eigenvalue weighted by Crippen LogP contribution is 2.28. The van der Waals surface area contributed by atoms with Gasteiger partial charge in [-0.05, 0) is 24.6 Å². The number of carbonyl (C=O) groups is 1. The van der Waals surface area contributed by atoms with Crippen LogP contribution in [-0.4, -0.2) is 57.5 Å². The predicted octanol–water partition coefficient (Wildman–Crippen LogP) is 3.68. The number of amides is 1. The third-order valence-electron chi connectivity index (χ3n) is 5.70. The van der Waals surface area contributed by atoms with Crippen LogP contribution in [0.4, 0.5) is 4.39 Å². The molecule has 1 fully saturated rings. The first-order chi connectivity index (χ1) is 15.0. The Morgan fingerprint density at radius 2 is 1.69 bits per heavy atom. The fourth-order valence-corrected chi connectivity index (χ4v) is 4.04. The molecule has 2 heterocycles. The minimum atomic E-state index is -0.747. The van der Waals surface area contributed by atoms with Crippen molar-refractivity contribution in [3.8, 4) is 5.75 Å². The van der Waals surface area contributed by atoms with Crippen molar-refractivity contribution >= 4 is 18.3 Å². The average Bonchev–Trinajstić information content (AvgIpc) is 3.21. The zero-order chi connectivity index (χ0) is 21.8. The molecule has 2 aromatic carbocycles. The van der Waals surface area contributed by atoms with Crippen LogP contribution in [0, 0.1) is 5.82 Å². The second-order valence-corrected chi connectivity index (χ2v) is 7.76. The lowest BCUT2D eigenvalue weighted by Crippen LogP contribution is -2.52. The van der Waals surface area contributed by atoms with E-state index < -0.39 is 11.9 Å². The zero-order valence-corrected chi connectivity index (χ0v) is 19.0. The Labute approximate surface area is 194 Å².